The lowest BCUT2D eigenvalue weighted by molar-refractivity contribution is 0.0956. The van der Waals surface area contributed by atoms with Crippen LogP contribution in [0.25, 0.3) is 0 Å². The third-order valence-electron chi connectivity index (χ3n) is 3.72. The van der Waals surface area contributed by atoms with Crippen molar-refractivity contribution in [3.63, 3.8) is 0 Å². The Balaban J connectivity index is 2.01. The Morgan fingerprint density at radius 2 is 2.26 bits per heavy atom. The van der Waals surface area contributed by atoms with E-state index in [1.165, 1.54) is 0 Å². The molecule has 2 N–H and O–H groups in total. The minimum Gasteiger partial charge on any atom is -0.381 e. The number of nitrogens with one attached hydrogen (secondary N) is 2. The van der Waals surface area contributed by atoms with E-state index in [-0.39, 0.29) is 5.91 Å². The standard InChI is InChI=1S/C15H23N3O/c1-4-16-15(19)12-6-5-7-13(9-12)17-14-8-11(2)18(3)10-14/h5-7,9,11,14,17H,4,8,10H2,1-3H3,(H,16,19). The molecular formula is C15H23N3O. The molecular weight excluding hydrogens is 238 g/mol. The van der Waals surface area contributed by atoms with Crippen molar-refractivity contribution in [3.05, 3.63) is 29.8 Å². The summed E-state index contributed by atoms with van der Waals surface area (Å²) in [5.41, 5.74) is 1.74. The molecule has 1 saturated heterocycles. The zero-order valence-corrected chi connectivity index (χ0v) is 11.9. The minimum atomic E-state index is -0.0111. The molecule has 4 nitrogen and oxygen atoms in total. The molecule has 0 aromatic heterocycles. The van der Waals surface area contributed by atoms with Gasteiger partial charge in [-0.3, -0.25) is 4.79 Å². The molecule has 19 heavy (non-hydrogen) atoms. The van der Waals surface area contributed by atoms with E-state index in [9.17, 15) is 4.79 Å². The Hall–Kier alpha value is -1.55. The predicted molar refractivity (Wildman–Crippen MR) is 78.6 cm³/mol. The summed E-state index contributed by atoms with van der Waals surface area (Å²) in [4.78, 5) is 14.1. The summed E-state index contributed by atoms with van der Waals surface area (Å²) >= 11 is 0. The summed E-state index contributed by atoms with van der Waals surface area (Å²) in [6, 6.07) is 8.79. The van der Waals surface area contributed by atoms with E-state index in [4.69, 9.17) is 0 Å². The highest BCUT2D eigenvalue weighted by molar-refractivity contribution is 5.95. The Morgan fingerprint density at radius 1 is 1.47 bits per heavy atom. The van der Waals surface area contributed by atoms with E-state index in [0.717, 1.165) is 18.7 Å². The number of likely N-dealkylation sites (tertiary alicyclic amines) is 1. The molecule has 1 fully saturated rings. The van der Waals surface area contributed by atoms with Crippen molar-refractivity contribution in [1.29, 1.82) is 0 Å². The zero-order valence-electron chi connectivity index (χ0n) is 11.9. The maximum Gasteiger partial charge on any atom is 0.251 e. The molecule has 2 atom stereocenters. The molecule has 1 aromatic carbocycles. The van der Waals surface area contributed by atoms with Crippen LogP contribution in [-0.4, -0.2) is 43.0 Å². The second-order valence-electron chi connectivity index (χ2n) is 5.31. The number of anilines is 1. The summed E-state index contributed by atoms with van der Waals surface area (Å²) in [6.07, 6.45) is 1.14. The van der Waals surface area contributed by atoms with E-state index in [2.05, 4.69) is 29.5 Å². The lowest BCUT2D eigenvalue weighted by Gasteiger charge is -2.15. The fraction of sp³-hybridized carbons (Fsp3) is 0.533. The molecule has 0 bridgehead atoms. The molecule has 0 aliphatic carbocycles. The molecule has 2 unspecified atom stereocenters. The smallest absolute Gasteiger partial charge is 0.251 e. The molecule has 1 aliphatic heterocycles. The SMILES string of the molecule is CCNC(=O)c1cccc(NC2CC(C)N(C)C2)c1. The normalized spacial score (nSPS) is 23.3. The van der Waals surface area contributed by atoms with Gasteiger partial charge >= 0.3 is 0 Å². The molecule has 0 saturated carbocycles. The fourth-order valence-corrected chi connectivity index (χ4v) is 2.55. The summed E-state index contributed by atoms with van der Waals surface area (Å²) in [6.45, 7) is 5.87. The van der Waals surface area contributed by atoms with Gasteiger partial charge in [-0.05, 0) is 45.5 Å². The highest BCUT2D eigenvalue weighted by atomic mass is 16.1. The third kappa shape index (κ3) is 3.47. The number of amides is 1. The van der Waals surface area contributed by atoms with Crippen molar-refractivity contribution in [2.75, 3.05) is 25.5 Å². The van der Waals surface area contributed by atoms with E-state index in [1.807, 2.05) is 31.2 Å². The van der Waals surface area contributed by atoms with Crippen molar-refractivity contribution in [2.24, 2.45) is 0 Å². The predicted octanol–water partition coefficient (Wildman–Crippen LogP) is 1.94. The molecule has 1 aromatic rings. The van der Waals surface area contributed by atoms with Gasteiger partial charge in [0.15, 0.2) is 0 Å². The number of carbonyl (C=O) groups is 1. The largest absolute Gasteiger partial charge is 0.381 e. The molecule has 104 valence electrons. The molecule has 1 aliphatic rings. The van der Waals surface area contributed by atoms with E-state index in [0.29, 0.717) is 24.2 Å². The van der Waals surface area contributed by atoms with Crippen LogP contribution >= 0.6 is 0 Å². The van der Waals surface area contributed by atoms with Crippen LogP contribution in [0, 0.1) is 0 Å². The lowest BCUT2D eigenvalue weighted by Crippen LogP contribution is -2.25. The monoisotopic (exact) mass is 261 g/mol. The number of rotatable bonds is 4. The van der Waals surface area contributed by atoms with Crippen molar-refractivity contribution >= 4 is 11.6 Å². The van der Waals surface area contributed by atoms with Gasteiger partial charge in [0.25, 0.3) is 5.91 Å². The summed E-state index contributed by atoms with van der Waals surface area (Å²) < 4.78 is 0. The molecule has 0 radical (unpaired) electrons. The number of benzene rings is 1. The quantitative estimate of drug-likeness (QED) is 0.870. The van der Waals surface area contributed by atoms with E-state index < -0.39 is 0 Å². The summed E-state index contributed by atoms with van der Waals surface area (Å²) in [5, 5.41) is 6.34. The first kappa shape index (κ1) is 13.9. The van der Waals surface area contributed by atoms with Crippen LogP contribution in [0.5, 0.6) is 0 Å². The van der Waals surface area contributed by atoms with Crippen molar-refractivity contribution in [1.82, 2.24) is 10.2 Å². The Labute approximate surface area is 115 Å². The minimum absolute atomic E-state index is 0.0111. The topological polar surface area (TPSA) is 44.4 Å². The summed E-state index contributed by atoms with van der Waals surface area (Å²) in [5.74, 6) is -0.0111. The van der Waals surface area contributed by atoms with Crippen LogP contribution in [0.4, 0.5) is 5.69 Å². The second kappa shape index (κ2) is 6.06. The van der Waals surface area contributed by atoms with Crippen molar-refractivity contribution < 1.29 is 4.79 Å². The molecule has 2 rings (SSSR count). The average molecular weight is 261 g/mol. The fourth-order valence-electron chi connectivity index (χ4n) is 2.55. The number of hydrogen-bond donors (Lipinski definition) is 2. The number of nitrogens with zero attached hydrogens (tertiary/aromatic N) is 1. The molecule has 1 amide bonds. The number of hydrogen-bond acceptors (Lipinski definition) is 3. The maximum absolute atomic E-state index is 11.8. The molecule has 4 heteroatoms. The van der Waals surface area contributed by atoms with Gasteiger partial charge < -0.3 is 15.5 Å². The van der Waals surface area contributed by atoms with E-state index in [1.54, 1.807) is 0 Å². The van der Waals surface area contributed by atoms with Crippen LogP contribution in [0.2, 0.25) is 0 Å². The van der Waals surface area contributed by atoms with Crippen LogP contribution in [0.1, 0.15) is 30.6 Å². The lowest BCUT2D eigenvalue weighted by atomic mass is 10.1. The highest BCUT2D eigenvalue weighted by Crippen LogP contribution is 2.20. The van der Waals surface area contributed by atoms with Gasteiger partial charge in [0.1, 0.15) is 0 Å². The Kier molecular flexibility index (Phi) is 4.43. The zero-order chi connectivity index (χ0) is 13.8. The third-order valence-corrected chi connectivity index (χ3v) is 3.72. The maximum atomic E-state index is 11.8. The number of likely N-dealkylation sites (N-methyl/N-ethyl adjacent to an activating group) is 1. The van der Waals surface area contributed by atoms with Gasteiger partial charge in [0.05, 0.1) is 0 Å². The highest BCUT2D eigenvalue weighted by Gasteiger charge is 2.25. The van der Waals surface area contributed by atoms with Crippen LogP contribution in [-0.2, 0) is 0 Å². The van der Waals surface area contributed by atoms with E-state index >= 15 is 0 Å². The first-order chi connectivity index (χ1) is 9.10. The van der Waals surface area contributed by atoms with Crippen molar-refractivity contribution in [2.45, 2.75) is 32.4 Å². The van der Waals surface area contributed by atoms with Gasteiger partial charge in [-0.25, -0.2) is 0 Å². The van der Waals surface area contributed by atoms with Gasteiger partial charge in [0.2, 0.25) is 0 Å². The molecule has 1 heterocycles. The second-order valence-corrected chi connectivity index (χ2v) is 5.31. The van der Waals surface area contributed by atoms with Crippen molar-refractivity contribution in [3.8, 4) is 0 Å². The van der Waals surface area contributed by atoms with Gasteiger partial charge in [-0.15, -0.1) is 0 Å². The average Bonchev–Trinajstić information content (AvgIpc) is 2.69. The summed E-state index contributed by atoms with van der Waals surface area (Å²) in [7, 11) is 2.15. The first-order valence-electron chi connectivity index (χ1n) is 6.95. The van der Waals surface area contributed by atoms with Crippen LogP contribution in [0.3, 0.4) is 0 Å². The van der Waals surface area contributed by atoms with Crippen LogP contribution < -0.4 is 10.6 Å². The Morgan fingerprint density at radius 3 is 2.89 bits per heavy atom. The molecule has 0 spiro atoms. The first-order valence-corrected chi connectivity index (χ1v) is 6.95. The number of carbonyl (C=O) groups excluding carboxylic acids is 1. The van der Waals surface area contributed by atoms with Gasteiger partial charge in [0, 0.05) is 36.4 Å². The van der Waals surface area contributed by atoms with Gasteiger partial charge in [-0.2, -0.15) is 0 Å². The van der Waals surface area contributed by atoms with Gasteiger partial charge in [-0.1, -0.05) is 6.07 Å². The Bertz CT molecular complexity index is 437. The van der Waals surface area contributed by atoms with Crippen LogP contribution in [0.15, 0.2) is 24.3 Å².